The molecule has 0 bridgehead atoms. The number of esters is 2. The zero-order valence-corrected chi connectivity index (χ0v) is 14.6. The third-order valence-corrected chi connectivity index (χ3v) is 5.58. The van der Waals surface area contributed by atoms with Crippen LogP contribution in [0.2, 0.25) is 0 Å². The third kappa shape index (κ3) is 7.92. The lowest BCUT2D eigenvalue weighted by atomic mass is 9.98. The van der Waals surface area contributed by atoms with Gasteiger partial charge in [-0.05, 0) is 12.8 Å². The number of carbonyl (C=O) groups is 2. The van der Waals surface area contributed by atoms with Gasteiger partial charge in [-0.3, -0.25) is 14.1 Å². The van der Waals surface area contributed by atoms with E-state index >= 15 is 0 Å². The van der Waals surface area contributed by atoms with Crippen LogP contribution in [0.25, 0.3) is 0 Å². The van der Waals surface area contributed by atoms with E-state index in [1.54, 1.807) is 0 Å². The molecule has 0 spiro atoms. The van der Waals surface area contributed by atoms with Crippen molar-refractivity contribution in [1.29, 1.82) is 0 Å². The van der Waals surface area contributed by atoms with Crippen LogP contribution in [-0.4, -0.2) is 30.2 Å². The Balaban J connectivity index is 2.30. The molecule has 134 valence electrons. The number of unbranched alkanes of at least 4 members (excludes halogenated alkanes) is 7. The predicted octanol–water partition coefficient (Wildman–Crippen LogP) is 3.25. The van der Waals surface area contributed by atoms with Crippen molar-refractivity contribution in [3.05, 3.63) is 0 Å². The molecule has 0 saturated carbocycles. The minimum Gasteiger partial charge on any atom is -0.393 e. The van der Waals surface area contributed by atoms with Crippen molar-refractivity contribution in [2.45, 2.75) is 82.8 Å². The predicted molar refractivity (Wildman–Crippen MR) is 86.4 cm³/mol. The first kappa shape index (κ1) is 20.1. The molecule has 0 aliphatic carbocycles. The van der Waals surface area contributed by atoms with Crippen LogP contribution in [0.1, 0.15) is 77.6 Å². The quantitative estimate of drug-likeness (QED) is 0.252. The Labute approximate surface area is 138 Å². The topological polar surface area (TPSA) is 97.7 Å². The van der Waals surface area contributed by atoms with E-state index < -0.39 is 33.2 Å². The van der Waals surface area contributed by atoms with E-state index in [2.05, 4.69) is 11.7 Å². The monoisotopic (exact) mass is 348 g/mol. The zero-order valence-electron chi connectivity index (χ0n) is 13.8. The highest BCUT2D eigenvalue weighted by Gasteiger charge is 2.37. The Morgan fingerprint density at radius 3 is 2.13 bits per heavy atom. The van der Waals surface area contributed by atoms with Crippen molar-refractivity contribution in [2.75, 3.05) is 0 Å². The van der Waals surface area contributed by atoms with Gasteiger partial charge in [0, 0.05) is 0 Å². The van der Waals surface area contributed by atoms with Crippen LogP contribution >= 0.6 is 0 Å². The molecule has 0 aromatic rings. The Morgan fingerprint density at radius 2 is 1.65 bits per heavy atom. The highest BCUT2D eigenvalue weighted by atomic mass is 32.2. The lowest BCUT2D eigenvalue weighted by Crippen LogP contribution is -2.25. The smallest absolute Gasteiger partial charge is 0.317 e. The van der Waals surface area contributed by atoms with E-state index in [1.165, 1.54) is 25.7 Å². The van der Waals surface area contributed by atoms with Gasteiger partial charge in [-0.25, -0.2) is 0 Å². The summed E-state index contributed by atoms with van der Waals surface area (Å²) in [7, 11) is -4.22. The molecule has 0 radical (unpaired) electrons. The lowest BCUT2D eigenvalue weighted by Gasteiger charge is -2.15. The summed E-state index contributed by atoms with van der Waals surface area (Å²) in [4.78, 5) is 22.5. The molecule has 1 aliphatic heterocycles. The first-order valence-corrected chi connectivity index (χ1v) is 10.1. The molecule has 1 aliphatic rings. The number of hydrogen-bond acceptors (Lipinski definition) is 5. The minimum atomic E-state index is -4.22. The number of cyclic esters (lactones) is 2. The number of carbonyl (C=O) groups excluding carboxylic acids is 2. The SMILES string of the molecule is CCCCCCCCCCC(CC1CC(=O)OC1=O)S(=O)(=O)O. The summed E-state index contributed by atoms with van der Waals surface area (Å²) in [5.74, 6) is -2.05. The van der Waals surface area contributed by atoms with Gasteiger partial charge in [0.25, 0.3) is 10.1 Å². The van der Waals surface area contributed by atoms with Gasteiger partial charge in [-0.1, -0.05) is 58.3 Å². The van der Waals surface area contributed by atoms with Crippen LogP contribution in [0.3, 0.4) is 0 Å². The van der Waals surface area contributed by atoms with Crippen LogP contribution in [0.4, 0.5) is 0 Å². The summed E-state index contributed by atoms with van der Waals surface area (Å²) in [6.07, 6.45) is 8.86. The maximum atomic E-state index is 11.5. The molecule has 0 aromatic heterocycles. The van der Waals surface area contributed by atoms with E-state index in [0.29, 0.717) is 12.8 Å². The van der Waals surface area contributed by atoms with Gasteiger partial charge < -0.3 is 4.74 Å². The van der Waals surface area contributed by atoms with Crippen LogP contribution < -0.4 is 0 Å². The molecule has 1 rings (SSSR count). The molecule has 2 atom stereocenters. The summed E-state index contributed by atoms with van der Waals surface area (Å²) in [5, 5.41) is -0.994. The van der Waals surface area contributed by atoms with Gasteiger partial charge in [0.15, 0.2) is 0 Å². The number of rotatable bonds is 12. The summed E-state index contributed by atoms with van der Waals surface area (Å²) >= 11 is 0. The summed E-state index contributed by atoms with van der Waals surface area (Å²) < 4.78 is 36.7. The third-order valence-electron chi connectivity index (χ3n) is 4.31. The van der Waals surface area contributed by atoms with Crippen LogP contribution in [-0.2, 0) is 24.4 Å². The second kappa shape index (κ2) is 10.0. The van der Waals surface area contributed by atoms with Crippen LogP contribution in [0.5, 0.6) is 0 Å². The van der Waals surface area contributed by atoms with Gasteiger partial charge in [-0.15, -0.1) is 0 Å². The largest absolute Gasteiger partial charge is 0.393 e. The van der Waals surface area contributed by atoms with Gasteiger partial charge in [0.05, 0.1) is 17.6 Å². The van der Waals surface area contributed by atoms with Crippen molar-refractivity contribution in [3.8, 4) is 0 Å². The first-order valence-electron chi connectivity index (χ1n) is 8.55. The summed E-state index contributed by atoms with van der Waals surface area (Å²) in [6.45, 7) is 2.17. The van der Waals surface area contributed by atoms with Gasteiger partial charge in [0.1, 0.15) is 0 Å². The molecular weight excluding hydrogens is 320 g/mol. The average molecular weight is 348 g/mol. The minimum absolute atomic E-state index is 0.0418. The van der Waals surface area contributed by atoms with E-state index in [0.717, 1.165) is 19.3 Å². The molecule has 1 fully saturated rings. The fourth-order valence-corrected chi connectivity index (χ4v) is 3.85. The number of ether oxygens (including phenoxy) is 1. The van der Waals surface area contributed by atoms with Crippen molar-refractivity contribution >= 4 is 22.1 Å². The zero-order chi connectivity index (χ0) is 17.3. The molecule has 1 N–H and O–H groups in total. The molecule has 1 heterocycles. The van der Waals surface area contributed by atoms with E-state index in [4.69, 9.17) is 0 Å². The summed E-state index contributed by atoms with van der Waals surface area (Å²) in [6, 6.07) is 0. The van der Waals surface area contributed by atoms with Crippen molar-refractivity contribution < 1.29 is 27.3 Å². The Morgan fingerprint density at radius 1 is 1.09 bits per heavy atom. The maximum absolute atomic E-state index is 11.5. The van der Waals surface area contributed by atoms with Crippen molar-refractivity contribution in [3.63, 3.8) is 0 Å². The normalized spacial score (nSPS) is 19.8. The van der Waals surface area contributed by atoms with Crippen molar-refractivity contribution in [2.24, 2.45) is 5.92 Å². The Kier molecular flexibility index (Phi) is 8.76. The molecule has 0 aromatic carbocycles. The molecular formula is C16H28O6S. The summed E-state index contributed by atoms with van der Waals surface area (Å²) in [5.41, 5.74) is 0. The van der Waals surface area contributed by atoms with E-state index in [1.807, 2.05) is 0 Å². The standard InChI is InChI=1S/C16H28O6S/c1-2-3-4-5-6-7-8-9-10-14(23(19,20)21)11-13-12-15(17)22-16(13)18/h13-14H,2-12H2,1H3,(H,19,20,21). The second-order valence-corrected chi connectivity index (χ2v) is 8.03. The molecule has 23 heavy (non-hydrogen) atoms. The van der Waals surface area contributed by atoms with Gasteiger partial charge >= 0.3 is 11.9 Å². The Bertz CT molecular complexity index is 485. The Hall–Kier alpha value is -0.950. The molecule has 1 saturated heterocycles. The van der Waals surface area contributed by atoms with Crippen LogP contribution in [0, 0.1) is 5.92 Å². The first-order chi connectivity index (χ1) is 10.8. The molecule has 0 amide bonds. The maximum Gasteiger partial charge on any atom is 0.317 e. The average Bonchev–Trinajstić information content (AvgIpc) is 2.77. The highest BCUT2D eigenvalue weighted by Crippen LogP contribution is 2.26. The molecule has 2 unspecified atom stereocenters. The van der Waals surface area contributed by atoms with Gasteiger partial charge in [-0.2, -0.15) is 8.42 Å². The molecule has 7 heteroatoms. The van der Waals surface area contributed by atoms with E-state index in [9.17, 15) is 22.6 Å². The van der Waals surface area contributed by atoms with Crippen molar-refractivity contribution in [1.82, 2.24) is 0 Å². The number of hydrogen-bond donors (Lipinski definition) is 1. The fourth-order valence-electron chi connectivity index (χ4n) is 2.91. The second-order valence-electron chi connectivity index (χ2n) is 6.33. The van der Waals surface area contributed by atoms with E-state index in [-0.39, 0.29) is 12.8 Å². The molecule has 6 nitrogen and oxygen atoms in total. The lowest BCUT2D eigenvalue weighted by molar-refractivity contribution is -0.153. The van der Waals surface area contributed by atoms with Crippen LogP contribution in [0.15, 0.2) is 0 Å². The van der Waals surface area contributed by atoms with Gasteiger partial charge in [0.2, 0.25) is 0 Å². The fraction of sp³-hybridized carbons (Fsp3) is 0.875. The highest BCUT2D eigenvalue weighted by molar-refractivity contribution is 7.86.